The highest BCUT2D eigenvalue weighted by molar-refractivity contribution is 7.09. The second-order valence-corrected chi connectivity index (χ2v) is 8.44. The Bertz CT molecular complexity index is 1280. The summed E-state index contributed by atoms with van der Waals surface area (Å²) in [5.41, 5.74) is 12.2. The molecule has 0 radical (unpaired) electrons. The molecular formula is C24H27N5O6S. The average Bonchev–Trinajstić information content (AvgIpc) is 3.46. The summed E-state index contributed by atoms with van der Waals surface area (Å²) in [4.78, 5) is 52.3. The minimum atomic E-state index is -1.33. The number of nitrogens with zero attached hydrogens (tertiary/aromatic N) is 2. The Balaban J connectivity index is 2.17. The van der Waals surface area contributed by atoms with E-state index in [9.17, 15) is 19.2 Å². The number of hydrogen-bond donors (Lipinski definition) is 3. The molecule has 0 aliphatic rings. The number of esters is 1. The maximum atomic E-state index is 14.0. The first-order chi connectivity index (χ1) is 17.2. The van der Waals surface area contributed by atoms with Crippen molar-refractivity contribution in [1.29, 1.82) is 0 Å². The molecule has 5 N–H and O–H groups in total. The number of carbonyl (C=O) groups is 4. The Morgan fingerprint density at radius 2 is 1.89 bits per heavy atom. The third-order valence-corrected chi connectivity index (χ3v) is 6.11. The van der Waals surface area contributed by atoms with Crippen molar-refractivity contribution in [3.8, 4) is 0 Å². The zero-order valence-corrected chi connectivity index (χ0v) is 20.9. The molecule has 3 amide bonds. The van der Waals surface area contributed by atoms with Crippen LogP contribution in [0.25, 0.3) is 0 Å². The molecule has 2 aromatic heterocycles. The molecule has 0 spiro atoms. The zero-order valence-electron chi connectivity index (χ0n) is 20.1. The van der Waals surface area contributed by atoms with Gasteiger partial charge in [0.05, 0.1) is 12.3 Å². The first-order valence-electron chi connectivity index (χ1n) is 11.2. The smallest absolute Gasteiger partial charge is 0.325 e. The normalized spacial score (nSPS) is 11.5. The molecule has 0 saturated heterocycles. The van der Waals surface area contributed by atoms with Gasteiger partial charge in [0.1, 0.15) is 22.9 Å². The Morgan fingerprint density at radius 3 is 2.47 bits per heavy atom. The van der Waals surface area contributed by atoms with Gasteiger partial charge in [-0.15, -0.1) is 0 Å². The van der Waals surface area contributed by atoms with Crippen LogP contribution < -0.4 is 21.7 Å². The molecule has 2 heterocycles. The number of aryl methyl sites for hydroxylation is 2. The van der Waals surface area contributed by atoms with Crippen LogP contribution in [0.5, 0.6) is 0 Å². The minimum Gasteiger partial charge on any atom is -0.465 e. The molecular weight excluding hydrogens is 486 g/mol. The van der Waals surface area contributed by atoms with E-state index in [1.54, 1.807) is 38.1 Å². The third-order valence-electron chi connectivity index (χ3n) is 5.26. The van der Waals surface area contributed by atoms with Gasteiger partial charge < -0.3 is 25.9 Å². The van der Waals surface area contributed by atoms with Gasteiger partial charge >= 0.3 is 5.97 Å². The molecule has 12 heteroatoms. The van der Waals surface area contributed by atoms with Gasteiger partial charge in [-0.05, 0) is 55.6 Å². The van der Waals surface area contributed by atoms with Gasteiger partial charge in [-0.3, -0.25) is 24.1 Å². The monoisotopic (exact) mass is 513 g/mol. The average molecular weight is 514 g/mol. The van der Waals surface area contributed by atoms with Crippen LogP contribution in [0.3, 0.4) is 0 Å². The van der Waals surface area contributed by atoms with Crippen molar-refractivity contribution in [3.05, 3.63) is 64.1 Å². The SMILES string of the molecule is CCOC(=O)CNC(=O)[C@H](c1ccc(C)o1)N(C(=O)c1snc(C(N)=O)c1N)c1ccccc1CC. The molecule has 3 aromatic rings. The van der Waals surface area contributed by atoms with E-state index in [-0.39, 0.29) is 28.6 Å². The second-order valence-electron chi connectivity index (χ2n) is 7.67. The van der Waals surface area contributed by atoms with Crippen molar-refractivity contribution in [2.75, 3.05) is 23.8 Å². The summed E-state index contributed by atoms with van der Waals surface area (Å²) in [7, 11) is 0. The first-order valence-corrected chi connectivity index (χ1v) is 11.9. The summed E-state index contributed by atoms with van der Waals surface area (Å²) in [6.45, 7) is 4.99. The third kappa shape index (κ3) is 5.54. The summed E-state index contributed by atoms with van der Waals surface area (Å²) in [6, 6.07) is 8.94. The van der Waals surface area contributed by atoms with Gasteiger partial charge in [-0.1, -0.05) is 25.1 Å². The van der Waals surface area contributed by atoms with E-state index in [1.807, 2.05) is 19.1 Å². The summed E-state index contributed by atoms with van der Waals surface area (Å²) in [5.74, 6) is -2.22. The number of anilines is 2. The fourth-order valence-corrected chi connectivity index (χ4v) is 4.33. The quantitative estimate of drug-likeness (QED) is 0.347. The number of aromatic nitrogens is 1. The van der Waals surface area contributed by atoms with Crippen molar-refractivity contribution >= 4 is 46.6 Å². The summed E-state index contributed by atoms with van der Waals surface area (Å²) in [5, 5.41) is 2.52. The van der Waals surface area contributed by atoms with E-state index in [0.717, 1.165) is 5.56 Å². The van der Waals surface area contributed by atoms with Crippen molar-refractivity contribution in [2.24, 2.45) is 5.73 Å². The fourth-order valence-electron chi connectivity index (χ4n) is 3.59. The van der Waals surface area contributed by atoms with Crippen LogP contribution in [-0.2, 0) is 20.7 Å². The Labute approximate surface area is 211 Å². The van der Waals surface area contributed by atoms with Crippen LogP contribution in [0, 0.1) is 6.92 Å². The van der Waals surface area contributed by atoms with Crippen LogP contribution in [0.1, 0.15) is 57.1 Å². The van der Waals surface area contributed by atoms with Crippen molar-refractivity contribution in [1.82, 2.24) is 9.69 Å². The molecule has 190 valence electrons. The van der Waals surface area contributed by atoms with E-state index in [1.165, 1.54) is 4.90 Å². The van der Waals surface area contributed by atoms with Gasteiger partial charge in [0.25, 0.3) is 17.7 Å². The van der Waals surface area contributed by atoms with Crippen LogP contribution in [0.4, 0.5) is 11.4 Å². The van der Waals surface area contributed by atoms with E-state index in [2.05, 4.69) is 9.69 Å². The van der Waals surface area contributed by atoms with Crippen molar-refractivity contribution in [3.63, 3.8) is 0 Å². The number of nitrogens with two attached hydrogens (primary N) is 2. The number of furan rings is 1. The van der Waals surface area contributed by atoms with Crippen molar-refractivity contribution in [2.45, 2.75) is 33.2 Å². The Hall–Kier alpha value is -4.19. The molecule has 0 aliphatic carbocycles. The zero-order chi connectivity index (χ0) is 26.4. The lowest BCUT2D eigenvalue weighted by Crippen LogP contribution is -2.45. The molecule has 0 unspecified atom stereocenters. The summed E-state index contributed by atoms with van der Waals surface area (Å²) < 4.78 is 14.6. The van der Waals surface area contributed by atoms with Crippen LogP contribution in [0.2, 0.25) is 0 Å². The van der Waals surface area contributed by atoms with Gasteiger partial charge in [-0.2, -0.15) is 4.37 Å². The van der Waals surface area contributed by atoms with Gasteiger partial charge in [0.2, 0.25) is 0 Å². The second kappa shape index (κ2) is 11.5. The number of nitrogen functional groups attached to an aromatic ring is 1. The molecule has 0 fully saturated rings. The minimum absolute atomic E-state index is 0.0684. The number of benzene rings is 1. The van der Waals surface area contributed by atoms with E-state index < -0.39 is 36.3 Å². The maximum Gasteiger partial charge on any atom is 0.325 e. The number of rotatable bonds is 10. The Morgan fingerprint density at radius 1 is 1.17 bits per heavy atom. The number of ether oxygens (including phenoxy) is 1. The fraction of sp³-hybridized carbons (Fsp3) is 0.292. The van der Waals surface area contributed by atoms with Crippen molar-refractivity contribution < 1.29 is 28.3 Å². The molecule has 3 rings (SSSR count). The highest BCUT2D eigenvalue weighted by Gasteiger charge is 2.38. The van der Waals surface area contributed by atoms with Gasteiger partial charge in [-0.25, -0.2) is 0 Å². The molecule has 36 heavy (non-hydrogen) atoms. The molecule has 0 saturated carbocycles. The molecule has 0 aliphatic heterocycles. The van der Waals surface area contributed by atoms with E-state index in [0.29, 0.717) is 29.4 Å². The van der Waals surface area contributed by atoms with Gasteiger partial charge in [0, 0.05) is 5.69 Å². The first kappa shape index (κ1) is 26.4. The maximum absolute atomic E-state index is 14.0. The number of primary amides is 1. The number of carbonyl (C=O) groups excluding carboxylic acids is 4. The predicted molar refractivity (Wildman–Crippen MR) is 134 cm³/mol. The number of hydrogen-bond acceptors (Lipinski definition) is 9. The largest absolute Gasteiger partial charge is 0.465 e. The molecule has 1 atom stereocenters. The van der Waals surface area contributed by atoms with Crippen LogP contribution in [0.15, 0.2) is 40.8 Å². The molecule has 0 bridgehead atoms. The molecule has 1 aromatic carbocycles. The van der Waals surface area contributed by atoms with Crippen LogP contribution in [-0.4, -0.2) is 41.2 Å². The van der Waals surface area contributed by atoms with E-state index >= 15 is 0 Å². The van der Waals surface area contributed by atoms with Crippen LogP contribution >= 0.6 is 11.5 Å². The van der Waals surface area contributed by atoms with E-state index in [4.69, 9.17) is 20.6 Å². The Kier molecular flexibility index (Phi) is 8.43. The highest BCUT2D eigenvalue weighted by atomic mass is 32.1. The lowest BCUT2D eigenvalue weighted by Gasteiger charge is -2.31. The standard InChI is InChI=1S/C24H27N5O6S/c1-4-14-8-6-7-9-15(14)29(24(33)21-18(25)19(22(26)31)28-36-21)20(16-11-10-13(3)35-16)23(32)27-12-17(30)34-5-2/h6-11,20H,4-5,12,25H2,1-3H3,(H2,26,31)(H,27,32)/t20-/m0/s1. The topological polar surface area (TPSA) is 171 Å². The molecule has 11 nitrogen and oxygen atoms in total. The lowest BCUT2D eigenvalue weighted by molar-refractivity contribution is -0.143. The number of amides is 3. The highest BCUT2D eigenvalue weighted by Crippen LogP contribution is 2.35. The number of para-hydroxylation sites is 1. The summed E-state index contributed by atoms with van der Waals surface area (Å²) in [6.07, 6.45) is 0.541. The lowest BCUT2D eigenvalue weighted by atomic mass is 10.0. The number of nitrogens with one attached hydrogen (secondary N) is 1. The predicted octanol–water partition coefficient (Wildman–Crippen LogP) is 2.36. The summed E-state index contributed by atoms with van der Waals surface area (Å²) >= 11 is 0.700. The van der Waals surface area contributed by atoms with Gasteiger partial charge in [0.15, 0.2) is 11.7 Å².